The Hall–Kier alpha value is -1.12. The van der Waals surface area contributed by atoms with Crippen LogP contribution >= 0.6 is 0 Å². The third-order valence-corrected chi connectivity index (χ3v) is 4.07. The first kappa shape index (κ1) is 9.44. The first-order chi connectivity index (χ1) is 6.43. The van der Waals surface area contributed by atoms with Crippen LogP contribution in [0.1, 0.15) is 27.2 Å². The Kier molecular flexibility index (Phi) is 1.66. The Morgan fingerprint density at radius 1 is 1.36 bits per heavy atom. The molecular formula is C11H14O3. The molecule has 1 saturated heterocycles. The fraction of sp³-hybridized carbons (Fsp3) is 0.636. The maximum atomic E-state index is 11.7. The predicted octanol–water partition coefficient (Wildman–Crippen LogP) is 1.68. The van der Waals surface area contributed by atoms with Gasteiger partial charge in [0.25, 0.3) is 0 Å². The number of allylic oxidation sites excluding steroid dienone is 2. The first-order valence-corrected chi connectivity index (χ1v) is 4.86. The van der Waals surface area contributed by atoms with E-state index in [0.29, 0.717) is 6.42 Å². The molecule has 76 valence electrons. The summed E-state index contributed by atoms with van der Waals surface area (Å²) in [5.41, 5.74) is -1.35. The SMILES string of the molecule is C[C@@H]1C=CC[C@]2(C)C(=O)OC(=O)[C@]12C. The average Bonchev–Trinajstić information content (AvgIpc) is 2.29. The fourth-order valence-electron chi connectivity index (χ4n) is 2.42. The molecule has 1 aliphatic carbocycles. The maximum Gasteiger partial charge on any atom is 0.321 e. The second-order valence-corrected chi connectivity index (χ2v) is 4.63. The van der Waals surface area contributed by atoms with Crippen LogP contribution in [0.3, 0.4) is 0 Å². The van der Waals surface area contributed by atoms with Gasteiger partial charge in [-0.1, -0.05) is 19.1 Å². The maximum absolute atomic E-state index is 11.7. The highest BCUT2D eigenvalue weighted by atomic mass is 16.6. The molecule has 0 aromatic carbocycles. The zero-order valence-electron chi connectivity index (χ0n) is 8.66. The van der Waals surface area contributed by atoms with Crippen molar-refractivity contribution in [1.29, 1.82) is 0 Å². The lowest BCUT2D eigenvalue weighted by molar-refractivity contribution is -0.155. The number of carbonyl (C=O) groups is 2. The van der Waals surface area contributed by atoms with Crippen LogP contribution in [0.2, 0.25) is 0 Å². The van der Waals surface area contributed by atoms with Gasteiger partial charge >= 0.3 is 11.9 Å². The van der Waals surface area contributed by atoms with Crippen molar-refractivity contribution in [1.82, 2.24) is 0 Å². The van der Waals surface area contributed by atoms with Gasteiger partial charge in [0.2, 0.25) is 0 Å². The first-order valence-electron chi connectivity index (χ1n) is 4.86. The van der Waals surface area contributed by atoms with Crippen molar-refractivity contribution in [3.63, 3.8) is 0 Å². The second-order valence-electron chi connectivity index (χ2n) is 4.63. The van der Waals surface area contributed by atoms with E-state index in [0.717, 1.165) is 0 Å². The molecule has 3 heteroatoms. The Morgan fingerprint density at radius 2 is 2.00 bits per heavy atom. The van der Waals surface area contributed by atoms with Crippen molar-refractivity contribution >= 4 is 11.9 Å². The number of esters is 2. The molecule has 14 heavy (non-hydrogen) atoms. The van der Waals surface area contributed by atoms with Gasteiger partial charge in [-0.05, 0) is 26.2 Å². The predicted molar refractivity (Wildman–Crippen MR) is 50.2 cm³/mol. The number of ether oxygens (including phenoxy) is 1. The van der Waals surface area contributed by atoms with Gasteiger partial charge in [0.15, 0.2) is 0 Å². The van der Waals surface area contributed by atoms with Crippen LogP contribution in [0, 0.1) is 16.7 Å². The molecule has 1 heterocycles. The molecular weight excluding hydrogens is 180 g/mol. The van der Waals surface area contributed by atoms with Gasteiger partial charge in [0, 0.05) is 0 Å². The van der Waals surface area contributed by atoms with Crippen LogP contribution in [0.25, 0.3) is 0 Å². The van der Waals surface area contributed by atoms with E-state index in [2.05, 4.69) is 0 Å². The van der Waals surface area contributed by atoms with Crippen molar-refractivity contribution < 1.29 is 14.3 Å². The molecule has 0 aromatic heterocycles. The van der Waals surface area contributed by atoms with E-state index in [1.165, 1.54) is 0 Å². The molecule has 1 aliphatic heterocycles. The van der Waals surface area contributed by atoms with Gasteiger partial charge in [-0.15, -0.1) is 0 Å². The topological polar surface area (TPSA) is 43.4 Å². The minimum atomic E-state index is -0.682. The molecule has 0 amide bonds. The summed E-state index contributed by atoms with van der Waals surface area (Å²) in [6.45, 7) is 5.60. The Morgan fingerprint density at radius 3 is 2.57 bits per heavy atom. The van der Waals surface area contributed by atoms with E-state index >= 15 is 0 Å². The highest BCUT2D eigenvalue weighted by Crippen LogP contribution is 2.56. The number of fused-ring (bicyclic) bond motifs is 1. The fourth-order valence-corrected chi connectivity index (χ4v) is 2.42. The molecule has 0 saturated carbocycles. The number of hydrogen-bond donors (Lipinski definition) is 0. The number of hydrogen-bond acceptors (Lipinski definition) is 3. The molecule has 3 nitrogen and oxygen atoms in total. The molecule has 0 radical (unpaired) electrons. The molecule has 0 aromatic rings. The van der Waals surface area contributed by atoms with Gasteiger partial charge in [0.1, 0.15) is 0 Å². The molecule has 0 bridgehead atoms. The number of carbonyl (C=O) groups excluding carboxylic acids is 2. The average molecular weight is 194 g/mol. The lowest BCUT2D eigenvalue weighted by Crippen LogP contribution is -2.46. The molecule has 3 atom stereocenters. The normalized spacial score (nSPS) is 46.4. The third kappa shape index (κ3) is 0.781. The summed E-state index contributed by atoms with van der Waals surface area (Å²) in [5, 5.41) is 0. The van der Waals surface area contributed by atoms with Gasteiger partial charge in [-0.3, -0.25) is 9.59 Å². The van der Waals surface area contributed by atoms with Crippen molar-refractivity contribution in [2.75, 3.05) is 0 Å². The zero-order valence-corrected chi connectivity index (χ0v) is 8.66. The molecule has 0 unspecified atom stereocenters. The van der Waals surface area contributed by atoms with Gasteiger partial charge in [-0.25, -0.2) is 0 Å². The van der Waals surface area contributed by atoms with E-state index in [1.54, 1.807) is 0 Å². The minimum absolute atomic E-state index is 0.0557. The smallest absolute Gasteiger partial charge is 0.321 e. The van der Waals surface area contributed by atoms with Gasteiger partial charge < -0.3 is 4.74 Å². The monoisotopic (exact) mass is 194 g/mol. The van der Waals surface area contributed by atoms with Crippen molar-refractivity contribution in [3.8, 4) is 0 Å². The second kappa shape index (κ2) is 2.47. The van der Waals surface area contributed by atoms with Crippen molar-refractivity contribution in [2.24, 2.45) is 16.7 Å². The van der Waals surface area contributed by atoms with E-state index < -0.39 is 10.8 Å². The van der Waals surface area contributed by atoms with Crippen LogP contribution in [0.5, 0.6) is 0 Å². The summed E-state index contributed by atoms with van der Waals surface area (Å²) >= 11 is 0. The number of cyclic esters (lactones) is 2. The van der Waals surface area contributed by atoms with Crippen LogP contribution in [-0.4, -0.2) is 11.9 Å². The van der Waals surface area contributed by atoms with Crippen LogP contribution in [0.15, 0.2) is 12.2 Å². The molecule has 0 N–H and O–H groups in total. The standard InChI is InChI=1S/C11H14O3/c1-7-5-4-6-10(2)8(12)14-9(13)11(7,10)3/h4-5,7H,6H2,1-3H3/t7-,10-,11+/m1/s1. The molecule has 1 fully saturated rings. The summed E-state index contributed by atoms with van der Waals surface area (Å²) in [5.74, 6) is -0.691. The minimum Gasteiger partial charge on any atom is -0.392 e. The van der Waals surface area contributed by atoms with E-state index in [1.807, 2.05) is 32.9 Å². The van der Waals surface area contributed by atoms with Gasteiger partial charge in [-0.2, -0.15) is 0 Å². The van der Waals surface area contributed by atoms with Crippen molar-refractivity contribution in [3.05, 3.63) is 12.2 Å². The van der Waals surface area contributed by atoms with Crippen LogP contribution in [0.4, 0.5) is 0 Å². The molecule has 0 spiro atoms. The lowest BCUT2D eigenvalue weighted by atomic mass is 9.57. The quantitative estimate of drug-likeness (QED) is 0.335. The Labute approximate surface area is 83.1 Å². The third-order valence-electron chi connectivity index (χ3n) is 4.07. The number of rotatable bonds is 0. The van der Waals surface area contributed by atoms with Crippen LogP contribution in [-0.2, 0) is 14.3 Å². The summed E-state index contributed by atoms with van der Waals surface area (Å²) in [7, 11) is 0. The Balaban J connectivity index is 2.59. The Bertz CT molecular complexity index is 344. The summed E-state index contributed by atoms with van der Waals surface area (Å²) in [6.07, 6.45) is 4.55. The largest absolute Gasteiger partial charge is 0.392 e. The van der Waals surface area contributed by atoms with E-state index in [9.17, 15) is 9.59 Å². The summed E-state index contributed by atoms with van der Waals surface area (Å²) < 4.78 is 4.77. The highest BCUT2D eigenvalue weighted by Gasteiger charge is 2.65. The van der Waals surface area contributed by atoms with Gasteiger partial charge in [0.05, 0.1) is 10.8 Å². The highest BCUT2D eigenvalue weighted by molar-refractivity contribution is 6.02. The lowest BCUT2D eigenvalue weighted by Gasteiger charge is -2.40. The van der Waals surface area contributed by atoms with Crippen LogP contribution < -0.4 is 0 Å². The van der Waals surface area contributed by atoms with E-state index in [4.69, 9.17) is 4.74 Å². The summed E-state index contributed by atoms with van der Waals surface area (Å²) in [4.78, 5) is 23.3. The molecule has 2 rings (SSSR count). The summed E-state index contributed by atoms with van der Waals surface area (Å²) in [6, 6.07) is 0. The van der Waals surface area contributed by atoms with E-state index in [-0.39, 0.29) is 17.9 Å². The van der Waals surface area contributed by atoms with Crippen molar-refractivity contribution in [2.45, 2.75) is 27.2 Å². The zero-order chi connectivity index (χ0) is 10.6. The molecule has 2 aliphatic rings.